The Morgan fingerprint density at radius 3 is 2.75 bits per heavy atom. The highest BCUT2D eigenvalue weighted by molar-refractivity contribution is 5.90. The molecule has 10 heteroatoms. The van der Waals surface area contributed by atoms with Crippen LogP contribution in [0, 0.1) is 6.92 Å². The molecule has 0 saturated heterocycles. The normalized spacial score (nSPS) is 11.4. The molecule has 7 nitrogen and oxygen atoms in total. The average Bonchev–Trinajstić information content (AvgIpc) is 2.88. The van der Waals surface area contributed by atoms with E-state index in [4.69, 9.17) is 0 Å². The SMILES string of the molecule is Cc1cc(C(F)(F)F)nc(CNC(=O)c2ncn[nH]2)n1. The topological polar surface area (TPSA) is 96.5 Å². The van der Waals surface area contributed by atoms with Crippen molar-refractivity contribution < 1.29 is 18.0 Å². The largest absolute Gasteiger partial charge is 0.433 e. The molecule has 20 heavy (non-hydrogen) atoms. The van der Waals surface area contributed by atoms with Gasteiger partial charge in [-0.15, -0.1) is 0 Å². The lowest BCUT2D eigenvalue weighted by molar-refractivity contribution is -0.141. The summed E-state index contributed by atoms with van der Waals surface area (Å²) >= 11 is 0. The van der Waals surface area contributed by atoms with Crippen LogP contribution in [0.25, 0.3) is 0 Å². The van der Waals surface area contributed by atoms with E-state index in [0.29, 0.717) is 0 Å². The van der Waals surface area contributed by atoms with Gasteiger partial charge in [0.15, 0.2) is 0 Å². The van der Waals surface area contributed by atoms with Gasteiger partial charge in [0.2, 0.25) is 5.82 Å². The Labute approximate surface area is 110 Å². The number of nitrogens with zero attached hydrogens (tertiary/aromatic N) is 4. The molecule has 0 saturated carbocycles. The number of hydrogen-bond donors (Lipinski definition) is 2. The zero-order valence-corrected chi connectivity index (χ0v) is 10.2. The second kappa shape index (κ2) is 5.23. The zero-order valence-electron chi connectivity index (χ0n) is 10.2. The van der Waals surface area contributed by atoms with Crippen LogP contribution in [0.5, 0.6) is 0 Å². The van der Waals surface area contributed by atoms with Crippen molar-refractivity contribution in [3.63, 3.8) is 0 Å². The van der Waals surface area contributed by atoms with Crippen molar-refractivity contribution in [3.05, 3.63) is 35.4 Å². The zero-order chi connectivity index (χ0) is 14.8. The van der Waals surface area contributed by atoms with Crippen molar-refractivity contribution in [1.82, 2.24) is 30.5 Å². The van der Waals surface area contributed by atoms with Gasteiger partial charge in [-0.1, -0.05) is 0 Å². The second-order valence-corrected chi connectivity index (χ2v) is 3.83. The first-order valence-electron chi connectivity index (χ1n) is 5.41. The maximum Gasteiger partial charge on any atom is 0.433 e. The third kappa shape index (κ3) is 3.28. The van der Waals surface area contributed by atoms with E-state index < -0.39 is 17.8 Å². The Hall–Kier alpha value is -2.52. The summed E-state index contributed by atoms with van der Waals surface area (Å²) in [4.78, 5) is 22.3. The molecule has 0 radical (unpaired) electrons. The molecule has 0 unspecified atom stereocenters. The summed E-state index contributed by atoms with van der Waals surface area (Å²) in [5.41, 5.74) is -0.884. The lowest BCUT2D eigenvalue weighted by Crippen LogP contribution is -2.26. The van der Waals surface area contributed by atoms with Crippen LogP contribution in [0.3, 0.4) is 0 Å². The molecular weight excluding hydrogens is 277 g/mol. The molecule has 2 aromatic heterocycles. The number of carbonyl (C=O) groups is 1. The molecule has 106 valence electrons. The summed E-state index contributed by atoms with van der Waals surface area (Å²) in [7, 11) is 0. The second-order valence-electron chi connectivity index (χ2n) is 3.83. The molecule has 2 rings (SSSR count). The molecule has 0 aliphatic rings. The fourth-order valence-electron chi connectivity index (χ4n) is 1.41. The van der Waals surface area contributed by atoms with Crippen LogP contribution in [0.2, 0.25) is 0 Å². The summed E-state index contributed by atoms with van der Waals surface area (Å²) in [6.45, 7) is 1.17. The van der Waals surface area contributed by atoms with Crippen molar-refractivity contribution in [3.8, 4) is 0 Å². The molecule has 0 aromatic carbocycles. The first-order valence-corrected chi connectivity index (χ1v) is 5.41. The molecule has 0 aliphatic carbocycles. The van der Waals surface area contributed by atoms with E-state index in [9.17, 15) is 18.0 Å². The van der Waals surface area contributed by atoms with E-state index in [-0.39, 0.29) is 23.9 Å². The summed E-state index contributed by atoms with van der Waals surface area (Å²) < 4.78 is 37.7. The summed E-state index contributed by atoms with van der Waals surface area (Å²) in [6, 6.07) is 0.835. The number of aromatic amines is 1. The van der Waals surface area contributed by atoms with Crippen LogP contribution in [0.15, 0.2) is 12.4 Å². The fourth-order valence-corrected chi connectivity index (χ4v) is 1.41. The highest BCUT2D eigenvalue weighted by Gasteiger charge is 2.33. The highest BCUT2D eigenvalue weighted by atomic mass is 19.4. The number of hydrogen-bond acceptors (Lipinski definition) is 5. The lowest BCUT2D eigenvalue weighted by atomic mass is 10.3. The number of aromatic nitrogens is 5. The van der Waals surface area contributed by atoms with Crippen molar-refractivity contribution in [2.75, 3.05) is 0 Å². The summed E-state index contributed by atoms with van der Waals surface area (Å²) in [5, 5.41) is 8.15. The Morgan fingerprint density at radius 1 is 1.40 bits per heavy atom. The third-order valence-electron chi connectivity index (χ3n) is 2.23. The van der Waals surface area contributed by atoms with E-state index in [2.05, 4.69) is 30.5 Å². The smallest absolute Gasteiger partial charge is 0.342 e. The Bertz CT molecular complexity index is 610. The first-order chi connectivity index (χ1) is 9.36. The van der Waals surface area contributed by atoms with Gasteiger partial charge in [-0.2, -0.15) is 18.3 Å². The first kappa shape index (κ1) is 13.9. The van der Waals surface area contributed by atoms with Gasteiger partial charge in [0.25, 0.3) is 5.91 Å². The van der Waals surface area contributed by atoms with E-state index in [1.807, 2.05) is 0 Å². The highest BCUT2D eigenvalue weighted by Crippen LogP contribution is 2.27. The third-order valence-corrected chi connectivity index (χ3v) is 2.23. The number of aryl methyl sites for hydroxylation is 1. The van der Waals surface area contributed by atoms with Gasteiger partial charge < -0.3 is 5.32 Å². The number of halogens is 3. The van der Waals surface area contributed by atoms with Crippen LogP contribution >= 0.6 is 0 Å². The van der Waals surface area contributed by atoms with Gasteiger partial charge in [0, 0.05) is 5.69 Å². The molecule has 0 atom stereocenters. The molecule has 1 amide bonds. The van der Waals surface area contributed by atoms with Crippen LogP contribution in [0.4, 0.5) is 13.2 Å². The molecule has 2 N–H and O–H groups in total. The predicted octanol–water partition coefficient (Wildman–Crippen LogP) is 0.852. The molecule has 0 spiro atoms. The summed E-state index contributed by atoms with van der Waals surface area (Å²) in [5.74, 6) is -0.792. The molecule has 0 bridgehead atoms. The van der Waals surface area contributed by atoms with Crippen LogP contribution in [-0.2, 0) is 12.7 Å². The number of rotatable bonds is 3. The molecule has 0 aliphatic heterocycles. The van der Waals surface area contributed by atoms with Crippen molar-refractivity contribution in [2.24, 2.45) is 0 Å². The molecular formula is C10H9F3N6O. The van der Waals surface area contributed by atoms with Crippen molar-refractivity contribution in [1.29, 1.82) is 0 Å². The number of H-pyrrole nitrogens is 1. The van der Waals surface area contributed by atoms with Gasteiger partial charge in [-0.25, -0.2) is 15.0 Å². The van der Waals surface area contributed by atoms with Gasteiger partial charge in [-0.3, -0.25) is 9.89 Å². The van der Waals surface area contributed by atoms with Gasteiger partial charge in [-0.05, 0) is 13.0 Å². The number of nitrogens with one attached hydrogen (secondary N) is 2. The van der Waals surface area contributed by atoms with Crippen LogP contribution < -0.4 is 5.32 Å². The van der Waals surface area contributed by atoms with E-state index >= 15 is 0 Å². The van der Waals surface area contributed by atoms with E-state index in [1.54, 1.807) is 0 Å². The fraction of sp³-hybridized carbons (Fsp3) is 0.300. The van der Waals surface area contributed by atoms with E-state index in [0.717, 1.165) is 12.4 Å². The standard InChI is InChI=1S/C10H9F3N6O/c1-5-2-6(10(11,12)13)18-7(17-5)3-14-9(20)8-15-4-16-19-8/h2,4H,3H2,1H3,(H,14,20)(H,15,16,19). The van der Waals surface area contributed by atoms with Crippen LogP contribution in [0.1, 0.15) is 27.8 Å². The maximum atomic E-state index is 12.6. The van der Waals surface area contributed by atoms with Crippen molar-refractivity contribution >= 4 is 5.91 Å². The van der Waals surface area contributed by atoms with E-state index in [1.165, 1.54) is 6.92 Å². The molecule has 2 heterocycles. The number of carbonyl (C=O) groups excluding carboxylic acids is 1. The monoisotopic (exact) mass is 286 g/mol. The van der Waals surface area contributed by atoms with Gasteiger partial charge in [0.1, 0.15) is 17.8 Å². The van der Waals surface area contributed by atoms with Gasteiger partial charge >= 0.3 is 6.18 Å². The lowest BCUT2D eigenvalue weighted by Gasteiger charge is -2.09. The number of amides is 1. The van der Waals surface area contributed by atoms with Crippen molar-refractivity contribution in [2.45, 2.75) is 19.6 Å². The van der Waals surface area contributed by atoms with Gasteiger partial charge in [0.05, 0.1) is 6.54 Å². The predicted molar refractivity (Wildman–Crippen MR) is 59.3 cm³/mol. The summed E-state index contributed by atoms with van der Waals surface area (Å²) in [6.07, 6.45) is -3.42. The minimum atomic E-state index is -4.56. The van der Waals surface area contributed by atoms with Crippen LogP contribution in [-0.4, -0.2) is 31.1 Å². The quantitative estimate of drug-likeness (QED) is 0.872. The number of alkyl halides is 3. The maximum absolute atomic E-state index is 12.6. The average molecular weight is 286 g/mol. The Balaban J connectivity index is 2.10. The minimum Gasteiger partial charge on any atom is -0.342 e. The Morgan fingerprint density at radius 2 is 2.15 bits per heavy atom. The molecule has 2 aromatic rings. The molecule has 0 fully saturated rings. The minimum absolute atomic E-state index is 0.0475. The Kier molecular flexibility index (Phi) is 3.63.